The van der Waals surface area contributed by atoms with Gasteiger partial charge in [-0.25, -0.2) is 5.43 Å². The number of carbonyl (C=O) groups excluding carboxylic acids is 1. The van der Waals surface area contributed by atoms with Gasteiger partial charge in [-0.1, -0.05) is 35.5 Å². The molecule has 0 aliphatic rings. The van der Waals surface area contributed by atoms with E-state index >= 15 is 0 Å². The van der Waals surface area contributed by atoms with E-state index in [2.05, 4.69) is 20.7 Å². The Morgan fingerprint density at radius 1 is 1.14 bits per heavy atom. The number of rotatable bonds is 9. The van der Waals surface area contributed by atoms with Crippen LogP contribution in [0, 0.1) is 10.1 Å². The Bertz CT molecular complexity index is 1410. The molecule has 4 aromatic rings. The molecule has 0 bridgehead atoms. The molecular formula is C24H19ClN6O4S. The molecule has 1 amide bonds. The summed E-state index contributed by atoms with van der Waals surface area (Å²) in [6.45, 7) is 0. The minimum absolute atomic E-state index is 0.0114. The summed E-state index contributed by atoms with van der Waals surface area (Å²) in [4.78, 5) is 23.0. The third-order valence-corrected chi connectivity index (χ3v) is 6.11. The second kappa shape index (κ2) is 11.5. The molecule has 0 saturated carbocycles. The number of nitrogens with zero attached hydrogens (tertiary/aromatic N) is 5. The first kappa shape index (κ1) is 24.9. The van der Waals surface area contributed by atoms with E-state index in [1.807, 2.05) is 41.0 Å². The molecule has 0 atom stereocenters. The summed E-state index contributed by atoms with van der Waals surface area (Å²) in [5, 5.41) is 24.6. The molecule has 36 heavy (non-hydrogen) atoms. The highest BCUT2D eigenvalue weighted by atomic mass is 35.5. The summed E-state index contributed by atoms with van der Waals surface area (Å²) in [7, 11) is 1.59. The predicted molar refractivity (Wildman–Crippen MR) is 138 cm³/mol. The van der Waals surface area contributed by atoms with Gasteiger partial charge < -0.3 is 4.74 Å². The number of nitro groups is 1. The highest BCUT2D eigenvalue weighted by Crippen LogP contribution is 2.29. The molecule has 0 spiro atoms. The Kier molecular flexibility index (Phi) is 7.93. The average Bonchev–Trinajstić information content (AvgIpc) is 3.32. The molecule has 1 heterocycles. The van der Waals surface area contributed by atoms with Gasteiger partial charge in [0.05, 0.1) is 29.6 Å². The van der Waals surface area contributed by atoms with Crippen LogP contribution in [0.25, 0.3) is 17.1 Å². The number of carbonyl (C=O) groups is 1. The quantitative estimate of drug-likeness (QED) is 0.145. The Balaban J connectivity index is 1.51. The van der Waals surface area contributed by atoms with Crippen LogP contribution in [-0.2, 0) is 4.79 Å². The monoisotopic (exact) mass is 522 g/mol. The lowest BCUT2D eigenvalue weighted by Gasteiger charge is -2.11. The zero-order chi connectivity index (χ0) is 25.5. The fraction of sp³-hybridized carbons (Fsp3) is 0.0833. The number of hydrogen-bond acceptors (Lipinski definition) is 8. The molecule has 3 aromatic carbocycles. The minimum Gasteiger partial charge on any atom is -0.497 e. The van der Waals surface area contributed by atoms with Crippen LogP contribution >= 0.6 is 23.4 Å². The van der Waals surface area contributed by atoms with E-state index in [1.54, 1.807) is 31.4 Å². The number of benzene rings is 3. The molecule has 0 fully saturated rings. The number of hydrazone groups is 1. The van der Waals surface area contributed by atoms with Gasteiger partial charge in [0.25, 0.3) is 11.6 Å². The van der Waals surface area contributed by atoms with E-state index in [0.29, 0.717) is 21.8 Å². The number of ether oxygens (including phenoxy) is 1. The highest BCUT2D eigenvalue weighted by molar-refractivity contribution is 7.99. The lowest BCUT2D eigenvalue weighted by molar-refractivity contribution is -0.385. The maximum absolute atomic E-state index is 12.4. The third kappa shape index (κ3) is 5.88. The second-order valence-corrected chi connectivity index (χ2v) is 8.62. The Hall–Kier alpha value is -4.22. The van der Waals surface area contributed by atoms with Crippen LogP contribution in [0.15, 0.2) is 83.1 Å². The van der Waals surface area contributed by atoms with E-state index < -0.39 is 10.8 Å². The number of nitrogens with one attached hydrogen (secondary N) is 1. The number of thioether (sulfide) groups is 1. The number of nitro benzene ring substituents is 1. The number of para-hydroxylation sites is 1. The molecule has 182 valence electrons. The fourth-order valence-electron chi connectivity index (χ4n) is 3.21. The molecule has 0 unspecified atom stereocenters. The lowest BCUT2D eigenvalue weighted by atomic mass is 10.2. The molecule has 1 aromatic heterocycles. The molecule has 0 aliphatic carbocycles. The van der Waals surface area contributed by atoms with Gasteiger partial charge in [-0.2, -0.15) is 5.10 Å². The van der Waals surface area contributed by atoms with Crippen molar-refractivity contribution in [3.8, 4) is 22.8 Å². The van der Waals surface area contributed by atoms with Crippen LogP contribution in [0.5, 0.6) is 5.75 Å². The number of aromatic nitrogens is 3. The number of amides is 1. The maximum Gasteiger partial charge on any atom is 0.278 e. The number of methoxy groups -OCH3 is 1. The summed E-state index contributed by atoms with van der Waals surface area (Å²) in [6.07, 6.45) is 1.23. The molecule has 12 heteroatoms. The summed E-state index contributed by atoms with van der Waals surface area (Å²) < 4.78 is 7.06. The van der Waals surface area contributed by atoms with Gasteiger partial charge in [0, 0.05) is 22.3 Å². The highest BCUT2D eigenvalue weighted by Gasteiger charge is 2.18. The summed E-state index contributed by atoms with van der Waals surface area (Å²) in [6, 6.07) is 20.7. The normalized spacial score (nSPS) is 10.9. The van der Waals surface area contributed by atoms with E-state index in [-0.39, 0.29) is 17.0 Å². The van der Waals surface area contributed by atoms with Crippen molar-refractivity contribution in [1.29, 1.82) is 0 Å². The molecule has 4 rings (SSSR count). The number of halogens is 1. The van der Waals surface area contributed by atoms with E-state index in [4.69, 9.17) is 16.3 Å². The van der Waals surface area contributed by atoms with Crippen molar-refractivity contribution in [2.24, 2.45) is 5.10 Å². The topological polar surface area (TPSA) is 125 Å². The average molecular weight is 523 g/mol. The molecule has 10 nitrogen and oxygen atoms in total. The van der Waals surface area contributed by atoms with Gasteiger partial charge in [-0.15, -0.1) is 10.2 Å². The van der Waals surface area contributed by atoms with E-state index in [1.165, 1.54) is 30.1 Å². The molecule has 0 saturated heterocycles. The van der Waals surface area contributed by atoms with Crippen molar-refractivity contribution in [1.82, 2.24) is 20.2 Å². The van der Waals surface area contributed by atoms with Gasteiger partial charge in [-0.05, 0) is 54.6 Å². The third-order valence-electron chi connectivity index (χ3n) is 4.93. The largest absolute Gasteiger partial charge is 0.497 e. The molecule has 0 radical (unpaired) electrons. The van der Waals surface area contributed by atoms with Crippen LogP contribution in [0.2, 0.25) is 5.02 Å². The lowest BCUT2D eigenvalue weighted by Crippen LogP contribution is -2.20. The minimum atomic E-state index is -0.511. The summed E-state index contributed by atoms with van der Waals surface area (Å²) in [5.74, 6) is 0.871. The van der Waals surface area contributed by atoms with Crippen LogP contribution in [-0.4, -0.2) is 44.7 Å². The Labute approximate surface area is 215 Å². The van der Waals surface area contributed by atoms with Gasteiger partial charge in [0.15, 0.2) is 11.0 Å². The van der Waals surface area contributed by atoms with Crippen LogP contribution in [0.1, 0.15) is 5.56 Å². The SMILES string of the molecule is COc1ccc(-c2nnc(SCC(=O)NN=Cc3ccccc3[N+](=O)[O-])n2-c2ccc(Cl)cc2)cc1. The van der Waals surface area contributed by atoms with Crippen molar-refractivity contribution in [3.05, 3.63) is 93.5 Å². The fourth-order valence-corrected chi connectivity index (χ4v) is 4.08. The molecule has 1 N–H and O–H groups in total. The van der Waals surface area contributed by atoms with Gasteiger partial charge in [0.1, 0.15) is 5.75 Å². The van der Waals surface area contributed by atoms with Gasteiger partial charge in [0.2, 0.25) is 0 Å². The van der Waals surface area contributed by atoms with Crippen molar-refractivity contribution < 1.29 is 14.5 Å². The number of hydrogen-bond donors (Lipinski definition) is 1. The molecule has 0 aliphatic heterocycles. The van der Waals surface area contributed by atoms with Crippen LogP contribution in [0.3, 0.4) is 0 Å². The van der Waals surface area contributed by atoms with Gasteiger partial charge >= 0.3 is 0 Å². The smallest absolute Gasteiger partial charge is 0.278 e. The zero-order valence-electron chi connectivity index (χ0n) is 18.9. The first-order valence-corrected chi connectivity index (χ1v) is 11.9. The summed E-state index contributed by atoms with van der Waals surface area (Å²) >= 11 is 7.23. The van der Waals surface area contributed by atoms with Crippen LogP contribution < -0.4 is 10.2 Å². The first-order chi connectivity index (χ1) is 17.5. The first-order valence-electron chi connectivity index (χ1n) is 10.5. The standard InChI is InChI=1S/C24H19ClN6O4S/c1-35-20-12-6-16(7-13-20)23-28-29-24(30(23)19-10-8-18(25)9-11-19)36-15-22(32)27-26-14-17-4-2-3-5-21(17)31(33)34/h2-14H,15H2,1H3,(H,27,32). The van der Waals surface area contributed by atoms with Crippen molar-refractivity contribution in [3.63, 3.8) is 0 Å². The van der Waals surface area contributed by atoms with Gasteiger partial charge in [-0.3, -0.25) is 19.5 Å². The summed E-state index contributed by atoms with van der Waals surface area (Å²) in [5.41, 5.74) is 4.14. The zero-order valence-corrected chi connectivity index (χ0v) is 20.4. The van der Waals surface area contributed by atoms with Crippen LogP contribution in [0.4, 0.5) is 5.69 Å². The van der Waals surface area contributed by atoms with E-state index in [0.717, 1.165) is 11.3 Å². The van der Waals surface area contributed by atoms with Crippen molar-refractivity contribution >= 4 is 41.2 Å². The second-order valence-electron chi connectivity index (χ2n) is 7.24. The molecular weight excluding hydrogens is 504 g/mol. The Morgan fingerprint density at radius 2 is 1.86 bits per heavy atom. The predicted octanol–water partition coefficient (Wildman–Crippen LogP) is 4.75. The Morgan fingerprint density at radius 3 is 2.56 bits per heavy atom. The van der Waals surface area contributed by atoms with E-state index in [9.17, 15) is 14.9 Å². The van der Waals surface area contributed by atoms with Crippen molar-refractivity contribution in [2.75, 3.05) is 12.9 Å². The maximum atomic E-state index is 12.4. The van der Waals surface area contributed by atoms with Crippen molar-refractivity contribution in [2.45, 2.75) is 5.16 Å².